The smallest absolute Gasteiger partial charge is 0.421 e. The number of pyridine rings is 1. The topological polar surface area (TPSA) is 148 Å². The summed E-state index contributed by atoms with van der Waals surface area (Å²) in [7, 11) is 3.18. The van der Waals surface area contributed by atoms with Gasteiger partial charge in [0.25, 0.3) is 6.43 Å². The second kappa shape index (κ2) is 14.5. The minimum Gasteiger partial charge on any atom is -0.467 e. The number of methoxy groups -OCH3 is 1. The number of ether oxygens (including phenoxy) is 1. The molecule has 0 radical (unpaired) electrons. The number of aryl methyl sites for hydroxylation is 1. The van der Waals surface area contributed by atoms with E-state index in [1.807, 2.05) is 0 Å². The zero-order chi connectivity index (χ0) is 33.6. The predicted molar refractivity (Wildman–Crippen MR) is 161 cm³/mol. The number of carbonyl (C=O) groups excluding carboxylic acids is 1. The van der Waals surface area contributed by atoms with Gasteiger partial charge in [0.2, 0.25) is 5.95 Å². The van der Waals surface area contributed by atoms with Crippen LogP contribution in [0.25, 0.3) is 11.1 Å². The number of urea groups is 1. The summed E-state index contributed by atoms with van der Waals surface area (Å²) >= 11 is 0. The number of nitrogens with zero attached hydrogens (tertiary/aromatic N) is 8. The highest BCUT2D eigenvalue weighted by Crippen LogP contribution is 2.35. The molecule has 18 heteroatoms. The molecule has 3 N–H and O–H groups in total. The van der Waals surface area contributed by atoms with Crippen LogP contribution in [0.2, 0.25) is 0 Å². The average molecular weight is 662 g/mol. The maximum atomic E-state index is 13.7. The lowest BCUT2D eigenvalue weighted by Gasteiger charge is -2.36. The minimum absolute atomic E-state index is 0.00934. The van der Waals surface area contributed by atoms with Crippen LogP contribution in [0.4, 0.5) is 44.3 Å². The number of anilines is 3. The number of hydrogen-bond acceptors (Lipinski definition) is 10. The predicted octanol–water partition coefficient (Wildman–Crippen LogP) is 4.91. The van der Waals surface area contributed by atoms with Crippen LogP contribution in [-0.2, 0) is 19.8 Å². The standard InChI is InChI=1S/C29H32F5N11O2/c1-44-10-9-35-24(44)16-37-25-21(29(32,33)34)14-38-26(43-25)42-19-4-6-20(7-5-19)45(28(46)41-15-22(30)31)23-8-3-17(11-36-23)18-12-39-27(47-2)40-13-18/h3,8-14,19-20,22H,4-7,15-16H2,1-2H3,(H,41,46)(H2,37,38,42,43)/t19-,20-. The molecule has 13 nitrogen and oxygen atoms in total. The molecule has 4 aromatic heterocycles. The Morgan fingerprint density at radius 2 is 1.74 bits per heavy atom. The normalized spacial score (nSPS) is 16.5. The van der Waals surface area contributed by atoms with Crippen molar-refractivity contribution in [3.63, 3.8) is 0 Å². The fourth-order valence-electron chi connectivity index (χ4n) is 5.16. The molecule has 4 aromatic rings. The number of carbonyl (C=O) groups is 1. The van der Waals surface area contributed by atoms with E-state index in [2.05, 4.69) is 45.9 Å². The van der Waals surface area contributed by atoms with Crippen LogP contribution in [0.1, 0.15) is 37.1 Å². The van der Waals surface area contributed by atoms with E-state index < -0.39 is 36.8 Å². The minimum atomic E-state index is -4.68. The van der Waals surface area contributed by atoms with Crippen molar-refractivity contribution in [3.05, 3.63) is 60.7 Å². The number of nitrogens with one attached hydrogen (secondary N) is 3. The van der Waals surface area contributed by atoms with Gasteiger partial charge >= 0.3 is 18.2 Å². The molecule has 1 saturated carbocycles. The summed E-state index contributed by atoms with van der Waals surface area (Å²) in [6.45, 7) is -0.810. The zero-order valence-electron chi connectivity index (χ0n) is 25.4. The van der Waals surface area contributed by atoms with E-state index in [9.17, 15) is 26.7 Å². The molecule has 1 fully saturated rings. The van der Waals surface area contributed by atoms with Gasteiger partial charge in [-0.05, 0) is 37.8 Å². The van der Waals surface area contributed by atoms with Gasteiger partial charge in [-0.3, -0.25) is 4.90 Å². The van der Waals surface area contributed by atoms with Crippen molar-refractivity contribution in [1.29, 1.82) is 0 Å². The summed E-state index contributed by atoms with van der Waals surface area (Å²) in [5.41, 5.74) is 0.317. The summed E-state index contributed by atoms with van der Waals surface area (Å²) in [6.07, 6.45) is 3.05. The average Bonchev–Trinajstić information content (AvgIpc) is 3.48. The zero-order valence-corrected chi connectivity index (χ0v) is 25.4. The van der Waals surface area contributed by atoms with E-state index in [4.69, 9.17) is 4.74 Å². The number of hydrogen-bond donors (Lipinski definition) is 3. The van der Waals surface area contributed by atoms with Crippen molar-refractivity contribution in [1.82, 2.24) is 39.8 Å². The van der Waals surface area contributed by atoms with E-state index in [-0.39, 0.29) is 36.2 Å². The van der Waals surface area contributed by atoms with E-state index in [0.717, 1.165) is 6.20 Å². The van der Waals surface area contributed by atoms with Gasteiger partial charge in [0.15, 0.2) is 0 Å². The van der Waals surface area contributed by atoms with Crippen LogP contribution in [0.3, 0.4) is 0 Å². The first-order valence-corrected chi connectivity index (χ1v) is 14.6. The Balaban J connectivity index is 1.27. The first kappa shape index (κ1) is 33.2. The van der Waals surface area contributed by atoms with Gasteiger partial charge < -0.3 is 25.3 Å². The number of halogens is 5. The monoisotopic (exact) mass is 661 g/mol. The van der Waals surface area contributed by atoms with Crippen molar-refractivity contribution < 1.29 is 31.5 Å². The van der Waals surface area contributed by atoms with Gasteiger partial charge in [-0.1, -0.05) is 0 Å². The summed E-state index contributed by atoms with van der Waals surface area (Å²) in [6, 6.07) is 2.20. The van der Waals surface area contributed by atoms with E-state index >= 15 is 0 Å². The summed E-state index contributed by atoms with van der Waals surface area (Å²) < 4.78 is 73.6. The number of amides is 2. The van der Waals surface area contributed by atoms with Crippen LogP contribution < -0.4 is 25.6 Å². The Kier molecular flexibility index (Phi) is 10.3. The second-order valence-electron chi connectivity index (χ2n) is 10.7. The van der Waals surface area contributed by atoms with Gasteiger partial charge in [0.1, 0.15) is 23.0 Å². The Hall–Kier alpha value is -5.16. The highest BCUT2D eigenvalue weighted by Gasteiger charge is 2.36. The lowest BCUT2D eigenvalue weighted by atomic mass is 9.90. The molecular formula is C29H32F5N11O2. The molecule has 0 saturated heterocycles. The highest BCUT2D eigenvalue weighted by molar-refractivity contribution is 5.91. The number of rotatable bonds is 11. The molecule has 250 valence electrons. The number of aromatic nitrogens is 7. The fourth-order valence-corrected chi connectivity index (χ4v) is 5.16. The van der Waals surface area contributed by atoms with Crippen molar-refractivity contribution in [3.8, 4) is 17.1 Å². The number of alkyl halides is 5. The largest absolute Gasteiger partial charge is 0.467 e. The first-order valence-electron chi connectivity index (χ1n) is 14.6. The van der Waals surface area contributed by atoms with E-state index in [0.29, 0.717) is 42.6 Å². The first-order chi connectivity index (χ1) is 22.5. The van der Waals surface area contributed by atoms with Gasteiger partial charge in [-0.25, -0.2) is 38.5 Å². The number of imidazole rings is 1. The SMILES string of the molecule is COc1ncc(-c2ccc(N(C(=O)NCC(F)F)[C@H]3CC[C@H](Nc4ncc(C(F)(F)F)c(NCc5nccn5C)n4)CC3)nc2)cn1. The van der Waals surface area contributed by atoms with Gasteiger partial charge in [-0.2, -0.15) is 18.2 Å². The fraction of sp³-hybridized carbons (Fsp3) is 0.414. The molecule has 0 spiro atoms. The Bertz CT molecular complexity index is 1630. The third-order valence-electron chi connectivity index (χ3n) is 7.59. The highest BCUT2D eigenvalue weighted by atomic mass is 19.4. The lowest BCUT2D eigenvalue weighted by molar-refractivity contribution is -0.137. The van der Waals surface area contributed by atoms with Crippen molar-refractivity contribution >= 4 is 23.6 Å². The molecule has 5 rings (SSSR count). The lowest BCUT2D eigenvalue weighted by Crippen LogP contribution is -2.50. The maximum absolute atomic E-state index is 13.7. The Labute approximate surface area is 266 Å². The quantitative estimate of drug-likeness (QED) is 0.190. The van der Waals surface area contributed by atoms with Crippen molar-refractivity contribution in [2.75, 3.05) is 29.2 Å². The van der Waals surface area contributed by atoms with Crippen molar-refractivity contribution in [2.45, 2.75) is 56.9 Å². The van der Waals surface area contributed by atoms with Gasteiger partial charge in [0.05, 0.1) is 20.2 Å². The summed E-state index contributed by atoms with van der Waals surface area (Å²) in [5, 5.41) is 8.08. The molecule has 1 aliphatic rings. The van der Waals surface area contributed by atoms with Gasteiger partial charge in [-0.15, -0.1) is 0 Å². The molecule has 0 aliphatic heterocycles. The third-order valence-corrected chi connectivity index (χ3v) is 7.59. The van der Waals surface area contributed by atoms with E-state index in [1.54, 1.807) is 42.3 Å². The Morgan fingerprint density at radius 3 is 2.34 bits per heavy atom. The Morgan fingerprint density at radius 1 is 1.02 bits per heavy atom. The van der Waals surface area contributed by atoms with E-state index in [1.165, 1.54) is 24.4 Å². The summed E-state index contributed by atoms with van der Waals surface area (Å²) in [4.78, 5) is 39.2. The molecule has 0 atom stereocenters. The van der Waals surface area contributed by atoms with Crippen LogP contribution in [0.5, 0.6) is 6.01 Å². The summed E-state index contributed by atoms with van der Waals surface area (Å²) in [5.74, 6) is 0.408. The maximum Gasteiger partial charge on any atom is 0.421 e. The van der Waals surface area contributed by atoms with Crippen molar-refractivity contribution in [2.24, 2.45) is 7.05 Å². The molecule has 47 heavy (non-hydrogen) atoms. The molecule has 4 heterocycles. The molecule has 1 aliphatic carbocycles. The van der Waals surface area contributed by atoms with Crippen LogP contribution in [-0.4, -0.2) is 72.7 Å². The molecule has 0 bridgehead atoms. The molecule has 0 unspecified atom stereocenters. The van der Waals surface area contributed by atoms with Crippen LogP contribution in [0, 0.1) is 0 Å². The third kappa shape index (κ3) is 8.36. The second-order valence-corrected chi connectivity index (χ2v) is 10.7. The molecule has 0 aromatic carbocycles. The van der Waals surface area contributed by atoms with Crippen LogP contribution >= 0.6 is 0 Å². The van der Waals surface area contributed by atoms with Gasteiger partial charge in [0, 0.05) is 67.4 Å². The molecule has 2 amide bonds. The molecular weight excluding hydrogens is 629 g/mol. The van der Waals surface area contributed by atoms with Crippen LogP contribution in [0.15, 0.2) is 49.3 Å².